The van der Waals surface area contributed by atoms with E-state index < -0.39 is 5.97 Å². The fraction of sp³-hybridized carbons (Fsp3) is 0.604. The predicted octanol–water partition coefficient (Wildman–Crippen LogP) is 15.6. The molecule has 0 aliphatic carbocycles. The molecular weight excluding hydrogens is 761 g/mol. The number of hydrogen-bond acceptors (Lipinski definition) is 7. The van der Waals surface area contributed by atoms with Gasteiger partial charge in [0.2, 0.25) is 0 Å². The lowest BCUT2D eigenvalue weighted by Gasteiger charge is -2.17. The van der Waals surface area contributed by atoms with Crippen molar-refractivity contribution in [3.63, 3.8) is 0 Å². The Morgan fingerprint density at radius 3 is 1.13 bits per heavy atom. The summed E-state index contributed by atoms with van der Waals surface area (Å²) in [6.45, 7) is 11.4. The van der Waals surface area contributed by atoms with E-state index >= 15 is 0 Å². The van der Waals surface area contributed by atoms with Crippen LogP contribution in [0.5, 0.6) is 23.0 Å². The van der Waals surface area contributed by atoms with Crippen LogP contribution in [0, 0.1) is 0 Å². The molecule has 0 radical (unpaired) electrons. The monoisotopic (exact) mass is 839 g/mol. The fourth-order valence-electron chi connectivity index (χ4n) is 7.62. The maximum absolute atomic E-state index is 12.0. The second-order valence-corrected chi connectivity index (χ2v) is 16.7. The van der Waals surface area contributed by atoms with E-state index in [9.17, 15) is 9.90 Å². The molecule has 8 heteroatoms. The molecule has 4 rings (SSSR count). The standard InChI is InChI=1S/C53H78N2O6/c1-5-9-13-17-21-25-35-58-47-33-30-42(40-49(47)60-37-27-23-19-15-11-7-3)51-52(55-46-39-44(53(56)57)29-32-45(46)54-51)43-31-34-48(59-36-26-22-18-14-10-6-2)50(41-43)61-38-28-24-20-16-12-8-4/h29-34,39-41H,5-28,35-38H2,1-4H3,(H,56,57). The molecule has 0 spiro atoms. The third-order valence-electron chi connectivity index (χ3n) is 11.4. The number of carboxylic acids is 1. The van der Waals surface area contributed by atoms with E-state index in [1.165, 1.54) is 103 Å². The molecule has 0 aliphatic heterocycles. The number of ether oxygens (including phenoxy) is 4. The molecule has 0 amide bonds. The Morgan fingerprint density at radius 2 is 0.754 bits per heavy atom. The van der Waals surface area contributed by atoms with Gasteiger partial charge in [0.05, 0.1) is 54.4 Å². The summed E-state index contributed by atoms with van der Waals surface area (Å²) in [5, 5.41) is 9.86. The molecule has 0 bridgehead atoms. The molecule has 1 N–H and O–H groups in total. The van der Waals surface area contributed by atoms with Gasteiger partial charge in [0.1, 0.15) is 0 Å². The first-order chi connectivity index (χ1) is 30.0. The normalized spacial score (nSPS) is 11.3. The van der Waals surface area contributed by atoms with Crippen LogP contribution in [-0.4, -0.2) is 47.5 Å². The first kappa shape index (κ1) is 49.3. The largest absolute Gasteiger partial charge is 0.490 e. The number of rotatable bonds is 35. The van der Waals surface area contributed by atoms with Crippen LogP contribution in [0.1, 0.15) is 192 Å². The smallest absolute Gasteiger partial charge is 0.335 e. The average Bonchev–Trinajstić information content (AvgIpc) is 3.27. The van der Waals surface area contributed by atoms with Crippen LogP contribution in [0.2, 0.25) is 0 Å². The van der Waals surface area contributed by atoms with E-state index in [0.29, 0.717) is 60.3 Å². The van der Waals surface area contributed by atoms with Crippen molar-refractivity contribution in [3.8, 4) is 45.5 Å². The zero-order valence-corrected chi connectivity index (χ0v) is 38.4. The Kier molecular flexibility index (Phi) is 24.1. The summed E-state index contributed by atoms with van der Waals surface area (Å²) in [7, 11) is 0. The zero-order chi connectivity index (χ0) is 43.3. The van der Waals surface area contributed by atoms with E-state index in [0.717, 1.165) is 74.0 Å². The minimum atomic E-state index is -1.00. The number of carboxylic acid groups (broad SMARTS) is 1. The first-order valence-electron chi connectivity index (χ1n) is 24.3. The van der Waals surface area contributed by atoms with Crippen molar-refractivity contribution in [2.24, 2.45) is 0 Å². The van der Waals surface area contributed by atoms with Gasteiger partial charge in [0.15, 0.2) is 23.0 Å². The number of hydrogen-bond donors (Lipinski definition) is 1. The average molecular weight is 839 g/mol. The molecule has 1 aromatic heterocycles. The van der Waals surface area contributed by atoms with E-state index in [4.69, 9.17) is 28.9 Å². The Hall–Kier alpha value is -4.33. The van der Waals surface area contributed by atoms with Gasteiger partial charge in [-0.2, -0.15) is 0 Å². The highest BCUT2D eigenvalue weighted by Crippen LogP contribution is 2.40. The molecule has 3 aromatic carbocycles. The quantitative estimate of drug-likeness (QED) is 0.0457. The van der Waals surface area contributed by atoms with Crippen molar-refractivity contribution in [1.29, 1.82) is 0 Å². The van der Waals surface area contributed by atoms with Crippen LogP contribution in [0.15, 0.2) is 54.6 Å². The highest BCUT2D eigenvalue weighted by molar-refractivity contribution is 5.94. The van der Waals surface area contributed by atoms with Crippen LogP contribution < -0.4 is 18.9 Å². The first-order valence-corrected chi connectivity index (χ1v) is 24.3. The van der Waals surface area contributed by atoms with Crippen molar-refractivity contribution >= 4 is 17.0 Å². The lowest BCUT2D eigenvalue weighted by Crippen LogP contribution is -2.05. The van der Waals surface area contributed by atoms with E-state index in [2.05, 4.69) is 27.7 Å². The third kappa shape index (κ3) is 17.9. The fourth-order valence-corrected chi connectivity index (χ4v) is 7.62. The molecule has 0 saturated carbocycles. The Bertz CT molecular complexity index is 1830. The van der Waals surface area contributed by atoms with Gasteiger partial charge in [-0.15, -0.1) is 0 Å². The van der Waals surface area contributed by atoms with Gasteiger partial charge in [-0.3, -0.25) is 0 Å². The third-order valence-corrected chi connectivity index (χ3v) is 11.4. The molecular formula is C53H78N2O6. The highest BCUT2D eigenvalue weighted by atomic mass is 16.5. The Labute approximate surface area is 368 Å². The summed E-state index contributed by atoms with van der Waals surface area (Å²) < 4.78 is 25.8. The lowest BCUT2D eigenvalue weighted by atomic mass is 10.0. The van der Waals surface area contributed by atoms with E-state index in [1.807, 2.05) is 36.4 Å². The number of nitrogens with zero attached hydrogens (tertiary/aromatic N) is 2. The maximum Gasteiger partial charge on any atom is 0.335 e. The molecule has 0 aliphatic rings. The topological polar surface area (TPSA) is 100 Å². The SMILES string of the molecule is CCCCCCCCOc1ccc(-c2nc3ccc(C(=O)O)cc3nc2-c2ccc(OCCCCCCCC)c(OCCCCCCCC)c2)cc1OCCCCCCCC. The molecule has 0 atom stereocenters. The van der Waals surface area contributed by atoms with Gasteiger partial charge < -0.3 is 24.1 Å². The van der Waals surface area contributed by atoms with Gasteiger partial charge in [0, 0.05) is 11.1 Å². The van der Waals surface area contributed by atoms with Crippen LogP contribution in [-0.2, 0) is 0 Å². The summed E-state index contributed by atoms with van der Waals surface area (Å²) in [6, 6.07) is 17.0. The molecule has 336 valence electrons. The van der Waals surface area contributed by atoms with Gasteiger partial charge in [0.25, 0.3) is 0 Å². The molecule has 0 saturated heterocycles. The highest BCUT2D eigenvalue weighted by Gasteiger charge is 2.19. The molecule has 0 fully saturated rings. The number of unbranched alkanes of at least 4 members (excludes halogenated alkanes) is 20. The van der Waals surface area contributed by atoms with Crippen LogP contribution in [0.25, 0.3) is 33.5 Å². The van der Waals surface area contributed by atoms with Crippen LogP contribution >= 0.6 is 0 Å². The number of fused-ring (bicyclic) bond motifs is 1. The number of carbonyl (C=O) groups is 1. The minimum Gasteiger partial charge on any atom is -0.490 e. The van der Waals surface area contributed by atoms with Gasteiger partial charge in [-0.25, -0.2) is 14.8 Å². The summed E-state index contributed by atoms with van der Waals surface area (Å²) in [6.07, 6.45) is 28.5. The van der Waals surface area contributed by atoms with Gasteiger partial charge >= 0.3 is 5.97 Å². The summed E-state index contributed by atoms with van der Waals surface area (Å²) in [4.78, 5) is 22.4. The van der Waals surface area contributed by atoms with Crippen LogP contribution in [0.3, 0.4) is 0 Å². The van der Waals surface area contributed by atoms with E-state index in [-0.39, 0.29) is 5.56 Å². The Morgan fingerprint density at radius 1 is 0.410 bits per heavy atom. The molecule has 8 nitrogen and oxygen atoms in total. The van der Waals surface area contributed by atoms with Crippen LogP contribution in [0.4, 0.5) is 0 Å². The van der Waals surface area contributed by atoms with Gasteiger partial charge in [-0.05, 0) is 80.3 Å². The van der Waals surface area contributed by atoms with Crippen molar-refractivity contribution < 1.29 is 28.8 Å². The van der Waals surface area contributed by atoms with Crippen molar-refractivity contribution in [2.75, 3.05) is 26.4 Å². The summed E-state index contributed by atoms with van der Waals surface area (Å²) in [5.74, 6) is 1.85. The molecule has 1 heterocycles. The second-order valence-electron chi connectivity index (χ2n) is 16.7. The van der Waals surface area contributed by atoms with E-state index in [1.54, 1.807) is 18.2 Å². The lowest BCUT2D eigenvalue weighted by molar-refractivity contribution is 0.0697. The van der Waals surface area contributed by atoms with Crippen molar-refractivity contribution in [1.82, 2.24) is 9.97 Å². The number of benzene rings is 3. The molecule has 61 heavy (non-hydrogen) atoms. The molecule has 0 unspecified atom stereocenters. The Balaban J connectivity index is 1.69. The maximum atomic E-state index is 12.0. The van der Waals surface area contributed by atoms with Crippen molar-refractivity contribution in [3.05, 3.63) is 60.2 Å². The number of aromatic nitrogens is 2. The minimum absolute atomic E-state index is 0.166. The summed E-state index contributed by atoms with van der Waals surface area (Å²) in [5.41, 5.74) is 4.24. The number of aromatic carboxylic acids is 1. The zero-order valence-electron chi connectivity index (χ0n) is 38.4. The second kappa shape index (κ2) is 29.8. The van der Waals surface area contributed by atoms with Gasteiger partial charge in [-0.1, -0.05) is 156 Å². The van der Waals surface area contributed by atoms with Crippen molar-refractivity contribution in [2.45, 2.75) is 182 Å². The molecule has 4 aromatic rings. The predicted molar refractivity (Wildman–Crippen MR) is 253 cm³/mol. The summed E-state index contributed by atoms with van der Waals surface area (Å²) >= 11 is 0.